The topological polar surface area (TPSA) is 29.6 Å². The van der Waals surface area contributed by atoms with E-state index in [9.17, 15) is 0 Å². The Bertz CT molecular complexity index is 2060. The van der Waals surface area contributed by atoms with E-state index in [4.69, 9.17) is 4.99 Å². The fourth-order valence-corrected chi connectivity index (χ4v) is 8.45. The first kappa shape index (κ1) is 32.2. The summed E-state index contributed by atoms with van der Waals surface area (Å²) < 4.78 is 2.47. The number of aromatic nitrogens is 1. The van der Waals surface area contributed by atoms with E-state index in [1.807, 2.05) is 30.3 Å². The Labute approximate surface area is 297 Å². The van der Waals surface area contributed by atoms with Crippen LogP contribution in [-0.2, 0) is 6.42 Å². The summed E-state index contributed by atoms with van der Waals surface area (Å²) >= 11 is 0. The second-order valence-electron chi connectivity index (χ2n) is 14.3. The summed E-state index contributed by atoms with van der Waals surface area (Å²) in [5.41, 5.74) is 10.9. The van der Waals surface area contributed by atoms with Crippen LogP contribution in [0.3, 0.4) is 0 Å². The second-order valence-corrected chi connectivity index (χ2v) is 14.3. The zero-order valence-electron chi connectivity index (χ0n) is 29.1. The van der Waals surface area contributed by atoms with E-state index in [0.29, 0.717) is 17.7 Å². The van der Waals surface area contributed by atoms with E-state index in [1.54, 1.807) is 0 Å². The van der Waals surface area contributed by atoms with Crippen molar-refractivity contribution in [2.45, 2.75) is 82.5 Å². The van der Waals surface area contributed by atoms with Crippen molar-refractivity contribution in [1.82, 2.24) is 4.57 Å². The van der Waals surface area contributed by atoms with E-state index in [1.165, 1.54) is 108 Å². The molecule has 0 saturated heterocycles. The lowest BCUT2D eigenvalue weighted by Gasteiger charge is -2.22. The van der Waals surface area contributed by atoms with Crippen LogP contribution in [0.1, 0.15) is 104 Å². The molecule has 0 bridgehead atoms. The Morgan fingerprint density at radius 2 is 1.14 bits per heavy atom. The molecular weight excluding hydrogens is 607 g/mol. The largest absolute Gasteiger partial charge is 0.309 e. The van der Waals surface area contributed by atoms with Crippen LogP contribution in [0.5, 0.6) is 0 Å². The van der Waals surface area contributed by atoms with Gasteiger partial charge in [-0.1, -0.05) is 130 Å². The summed E-state index contributed by atoms with van der Waals surface area (Å²) in [7, 11) is 0. The third-order valence-electron chi connectivity index (χ3n) is 11.2. The van der Waals surface area contributed by atoms with Crippen molar-refractivity contribution in [1.29, 1.82) is 0 Å². The predicted molar refractivity (Wildman–Crippen MR) is 213 cm³/mol. The van der Waals surface area contributed by atoms with Gasteiger partial charge in [0.25, 0.3) is 0 Å². The molecule has 0 atom stereocenters. The van der Waals surface area contributed by atoms with E-state index in [-0.39, 0.29) is 0 Å². The quantitative estimate of drug-likeness (QED) is 0.116. The lowest BCUT2D eigenvalue weighted by Crippen LogP contribution is -2.04. The van der Waals surface area contributed by atoms with Gasteiger partial charge in [0.15, 0.2) is 5.84 Å². The van der Waals surface area contributed by atoms with Gasteiger partial charge in [-0.3, -0.25) is 0 Å². The van der Waals surface area contributed by atoms with Crippen LogP contribution in [-0.4, -0.2) is 17.1 Å². The molecule has 250 valence electrons. The van der Waals surface area contributed by atoms with Gasteiger partial charge in [-0.25, -0.2) is 9.98 Å². The normalized spacial score (nSPS) is 16.6. The molecule has 2 fully saturated rings. The number of benzene rings is 5. The molecule has 0 amide bonds. The van der Waals surface area contributed by atoms with Crippen LogP contribution in [0.2, 0.25) is 0 Å². The maximum absolute atomic E-state index is 5.09. The summed E-state index contributed by atoms with van der Waals surface area (Å²) in [5.74, 6) is 1.98. The van der Waals surface area contributed by atoms with Crippen LogP contribution in [0.25, 0.3) is 33.2 Å². The van der Waals surface area contributed by atoms with Crippen molar-refractivity contribution >= 4 is 40.1 Å². The van der Waals surface area contributed by atoms with Crippen LogP contribution in [0, 0.1) is 0 Å². The van der Waals surface area contributed by atoms with Crippen molar-refractivity contribution in [3.63, 3.8) is 0 Å². The van der Waals surface area contributed by atoms with Gasteiger partial charge in [0, 0.05) is 27.6 Å². The molecule has 0 N–H and O–H groups in total. The Kier molecular flexibility index (Phi) is 9.56. The number of aliphatic imine (C=N–C) groups is 2. The highest BCUT2D eigenvalue weighted by Gasteiger charge is 2.21. The van der Waals surface area contributed by atoms with Gasteiger partial charge in [-0.05, 0) is 104 Å². The lowest BCUT2D eigenvalue weighted by atomic mass is 9.83. The van der Waals surface area contributed by atoms with Crippen molar-refractivity contribution in [3.05, 3.63) is 155 Å². The average Bonchev–Trinajstić information content (AvgIpc) is 3.52. The maximum Gasteiger partial charge on any atom is 0.159 e. The van der Waals surface area contributed by atoms with Crippen LogP contribution >= 0.6 is 0 Å². The van der Waals surface area contributed by atoms with E-state index in [0.717, 1.165) is 23.2 Å². The minimum atomic E-state index is 0.624. The summed E-state index contributed by atoms with van der Waals surface area (Å²) in [4.78, 5) is 9.43. The van der Waals surface area contributed by atoms with Crippen molar-refractivity contribution in [2.75, 3.05) is 0 Å². The minimum Gasteiger partial charge on any atom is -0.309 e. The second kappa shape index (κ2) is 14.8. The fraction of sp³-hybridized carbons (Fsp3) is 0.277. The van der Waals surface area contributed by atoms with Gasteiger partial charge < -0.3 is 4.57 Å². The molecule has 3 nitrogen and oxygen atoms in total. The molecule has 1 heterocycles. The zero-order valence-corrected chi connectivity index (χ0v) is 29.1. The third kappa shape index (κ3) is 6.74. The van der Waals surface area contributed by atoms with Crippen LogP contribution in [0.4, 0.5) is 0 Å². The third-order valence-corrected chi connectivity index (χ3v) is 11.2. The van der Waals surface area contributed by atoms with Gasteiger partial charge in [0.1, 0.15) is 0 Å². The Morgan fingerprint density at radius 1 is 0.600 bits per heavy atom. The van der Waals surface area contributed by atoms with Crippen molar-refractivity contribution in [3.8, 4) is 5.69 Å². The average molecular weight is 654 g/mol. The zero-order chi connectivity index (χ0) is 33.7. The minimum absolute atomic E-state index is 0.624. The van der Waals surface area contributed by atoms with E-state index in [2.05, 4.69) is 113 Å². The highest BCUT2D eigenvalue weighted by atomic mass is 15.0. The van der Waals surface area contributed by atoms with E-state index >= 15 is 0 Å². The molecule has 0 spiro atoms. The van der Waals surface area contributed by atoms with E-state index < -0.39 is 0 Å². The number of fused-ring (bicyclic) bond motifs is 3. The smallest absolute Gasteiger partial charge is 0.159 e. The summed E-state index contributed by atoms with van der Waals surface area (Å²) in [6, 6.07) is 44.3. The predicted octanol–water partition coefficient (Wildman–Crippen LogP) is 12.6. The highest BCUT2D eigenvalue weighted by molar-refractivity contribution is 6.10. The highest BCUT2D eigenvalue weighted by Crippen LogP contribution is 2.40. The first-order chi connectivity index (χ1) is 24.7. The number of hydrogen-bond acceptors (Lipinski definition) is 1. The first-order valence-electron chi connectivity index (χ1n) is 18.8. The van der Waals surface area contributed by atoms with Crippen LogP contribution < -0.4 is 0 Å². The lowest BCUT2D eigenvalue weighted by molar-refractivity contribution is 0.444. The van der Waals surface area contributed by atoms with Gasteiger partial charge in [0.2, 0.25) is 0 Å². The van der Waals surface area contributed by atoms with Gasteiger partial charge in [0.05, 0.1) is 16.7 Å². The molecule has 2 aliphatic rings. The number of nitrogens with zero attached hydrogens (tertiary/aromatic N) is 3. The SMILES string of the molecule is C=NC(=N/C(=C\Cc1ccccc1)c1ccc(-n2c3ccc(C4CCCCC4)cc3c3cc(C4CCCCC4)ccc32)cc1)c1ccccc1. The first-order valence-corrected chi connectivity index (χ1v) is 18.8. The molecule has 8 rings (SSSR count). The monoisotopic (exact) mass is 653 g/mol. The molecular formula is C47H47N3. The molecule has 1 aromatic heterocycles. The number of rotatable bonds is 8. The Morgan fingerprint density at radius 3 is 1.68 bits per heavy atom. The van der Waals surface area contributed by atoms with Crippen molar-refractivity contribution in [2.24, 2.45) is 9.98 Å². The molecule has 5 aromatic carbocycles. The molecule has 0 radical (unpaired) electrons. The molecule has 2 aliphatic carbocycles. The van der Waals surface area contributed by atoms with Gasteiger partial charge in [-0.15, -0.1) is 0 Å². The Balaban J connectivity index is 1.21. The number of amidine groups is 1. The summed E-state index contributed by atoms with van der Waals surface area (Å²) in [6.45, 7) is 3.87. The standard InChI is InChI=1S/C47H47N3/c1-48-47(38-20-12-5-13-21-38)49-44(29-22-34-14-6-2-7-15-34)37-23-27-41(28-24-37)50-45-30-25-39(35-16-8-3-9-17-35)32-42(45)43-33-40(26-31-46(43)50)36-18-10-4-11-19-36/h2,5-7,12-15,20-21,23-33,35-36H,1,3-4,8-11,16-19,22H2/b44-29-,49-47?. The molecule has 2 saturated carbocycles. The molecule has 3 heteroatoms. The molecule has 0 aliphatic heterocycles. The van der Waals surface area contributed by atoms with Gasteiger partial charge >= 0.3 is 0 Å². The Hall–Kier alpha value is -5.02. The maximum atomic E-state index is 5.09. The summed E-state index contributed by atoms with van der Waals surface area (Å²) in [6.07, 6.45) is 16.4. The number of hydrogen-bond donors (Lipinski definition) is 0. The van der Waals surface area contributed by atoms with Gasteiger partial charge in [-0.2, -0.15) is 0 Å². The molecule has 50 heavy (non-hydrogen) atoms. The van der Waals surface area contributed by atoms with Crippen LogP contribution in [0.15, 0.2) is 137 Å². The van der Waals surface area contributed by atoms with Crippen molar-refractivity contribution < 1.29 is 0 Å². The molecule has 0 unspecified atom stereocenters. The number of allylic oxidation sites excluding steroid dienone is 1. The molecule has 6 aromatic rings. The fourth-order valence-electron chi connectivity index (χ4n) is 8.45. The summed E-state index contributed by atoms with van der Waals surface area (Å²) in [5, 5.41) is 2.78.